The number of carbonyl (C=O) groups excluding carboxylic acids is 1. The van der Waals surface area contributed by atoms with E-state index in [2.05, 4.69) is 5.32 Å². The fourth-order valence-corrected chi connectivity index (χ4v) is 1.36. The number of nitrogens with one attached hydrogen (secondary N) is 1. The lowest BCUT2D eigenvalue weighted by Crippen LogP contribution is -2.41. The molecule has 1 fully saturated rings. The molecule has 0 unspecified atom stereocenters. The molecule has 0 saturated heterocycles. The van der Waals surface area contributed by atoms with E-state index in [1.165, 1.54) is 19.3 Å². The number of hydrogen-bond donors (Lipinski definition) is 2. The number of amides is 1. The Morgan fingerprint density at radius 2 is 2.36 bits per heavy atom. The first-order valence-electron chi connectivity index (χ1n) is 4.14. The molecule has 1 rings (SSSR count). The highest BCUT2D eigenvalue weighted by Crippen LogP contribution is 2.29. The molecule has 0 bridgehead atoms. The summed E-state index contributed by atoms with van der Waals surface area (Å²) in [7, 11) is 0. The van der Waals surface area contributed by atoms with E-state index in [0.29, 0.717) is 5.92 Å². The summed E-state index contributed by atoms with van der Waals surface area (Å²) < 4.78 is 0. The molecule has 2 N–H and O–H groups in total. The Kier molecular flexibility index (Phi) is 2.88. The topological polar surface area (TPSA) is 49.3 Å². The van der Waals surface area contributed by atoms with E-state index in [1.54, 1.807) is 0 Å². The van der Waals surface area contributed by atoms with Gasteiger partial charge in [-0.2, -0.15) is 0 Å². The molecule has 64 valence electrons. The van der Waals surface area contributed by atoms with Gasteiger partial charge in [0.15, 0.2) is 0 Å². The minimum Gasteiger partial charge on any atom is -0.387 e. The summed E-state index contributed by atoms with van der Waals surface area (Å²) in [6.45, 7) is 1.61. The molecule has 1 aliphatic rings. The number of rotatable bonds is 3. The second kappa shape index (κ2) is 3.72. The van der Waals surface area contributed by atoms with Crippen LogP contribution in [-0.2, 0) is 4.79 Å². The summed E-state index contributed by atoms with van der Waals surface area (Å²) in [6, 6.07) is 0.239. The van der Waals surface area contributed by atoms with Crippen LogP contribution in [0.2, 0.25) is 0 Å². The summed E-state index contributed by atoms with van der Waals surface area (Å²) in [5, 5.41) is 11.2. The van der Waals surface area contributed by atoms with Crippen molar-refractivity contribution < 1.29 is 9.90 Å². The average Bonchev–Trinajstić information content (AvgIpc) is 1.83. The highest BCUT2D eigenvalue weighted by molar-refractivity contribution is 5.77. The summed E-state index contributed by atoms with van der Waals surface area (Å²) in [5.74, 6) is 0.384. The van der Waals surface area contributed by atoms with Crippen molar-refractivity contribution in [2.24, 2.45) is 5.92 Å². The van der Waals surface area contributed by atoms with Crippen molar-refractivity contribution in [3.63, 3.8) is 0 Å². The van der Waals surface area contributed by atoms with E-state index in [0.717, 1.165) is 0 Å². The zero-order chi connectivity index (χ0) is 8.27. The van der Waals surface area contributed by atoms with E-state index >= 15 is 0 Å². The van der Waals surface area contributed by atoms with Crippen LogP contribution >= 0.6 is 0 Å². The maximum Gasteiger partial charge on any atom is 0.245 e. The molecule has 1 saturated carbocycles. The summed E-state index contributed by atoms with van der Waals surface area (Å²) >= 11 is 0. The van der Waals surface area contributed by atoms with Gasteiger partial charge in [-0.15, -0.1) is 0 Å². The van der Waals surface area contributed by atoms with Gasteiger partial charge in [-0.1, -0.05) is 6.42 Å². The van der Waals surface area contributed by atoms with Crippen LogP contribution in [0.25, 0.3) is 0 Å². The standard InChI is InChI=1S/C8H15NO2/c1-6(7-3-2-4-7)9-8(11)5-10/h6-7,10H,2-5H2,1H3,(H,9,11)/t6-/m1/s1. The van der Waals surface area contributed by atoms with Gasteiger partial charge in [-0.3, -0.25) is 4.79 Å². The molecular formula is C8H15NO2. The largest absolute Gasteiger partial charge is 0.387 e. The first-order chi connectivity index (χ1) is 5.24. The lowest BCUT2D eigenvalue weighted by atomic mass is 9.80. The molecule has 0 aliphatic heterocycles. The van der Waals surface area contributed by atoms with Crippen LogP contribution in [0, 0.1) is 5.92 Å². The van der Waals surface area contributed by atoms with Crippen LogP contribution in [0.5, 0.6) is 0 Å². The van der Waals surface area contributed by atoms with Crippen molar-refractivity contribution in [3.8, 4) is 0 Å². The van der Waals surface area contributed by atoms with E-state index in [-0.39, 0.29) is 11.9 Å². The molecule has 0 aromatic heterocycles. The molecule has 1 atom stereocenters. The molecule has 3 heteroatoms. The van der Waals surface area contributed by atoms with Crippen molar-refractivity contribution in [2.45, 2.75) is 32.2 Å². The van der Waals surface area contributed by atoms with Crippen molar-refractivity contribution >= 4 is 5.91 Å². The highest BCUT2D eigenvalue weighted by Gasteiger charge is 2.24. The van der Waals surface area contributed by atoms with Crippen LogP contribution in [0.15, 0.2) is 0 Å². The van der Waals surface area contributed by atoms with Gasteiger partial charge in [0.1, 0.15) is 6.61 Å². The summed E-state index contributed by atoms with van der Waals surface area (Å²) in [6.07, 6.45) is 3.71. The Hall–Kier alpha value is -0.570. The quantitative estimate of drug-likeness (QED) is 0.618. The maximum absolute atomic E-state index is 10.7. The minimum absolute atomic E-state index is 0.239. The Balaban J connectivity index is 2.19. The molecule has 0 spiro atoms. The maximum atomic E-state index is 10.7. The molecule has 0 heterocycles. The van der Waals surface area contributed by atoms with E-state index in [9.17, 15) is 4.79 Å². The Bertz CT molecular complexity index is 143. The van der Waals surface area contributed by atoms with Crippen LogP contribution in [0.4, 0.5) is 0 Å². The number of aliphatic hydroxyl groups excluding tert-OH is 1. The van der Waals surface area contributed by atoms with E-state index in [1.807, 2.05) is 6.92 Å². The third-order valence-electron chi connectivity index (χ3n) is 2.39. The molecule has 1 amide bonds. The molecule has 11 heavy (non-hydrogen) atoms. The molecular weight excluding hydrogens is 142 g/mol. The third-order valence-corrected chi connectivity index (χ3v) is 2.39. The summed E-state index contributed by atoms with van der Waals surface area (Å²) in [4.78, 5) is 10.7. The number of carbonyl (C=O) groups is 1. The predicted octanol–water partition coefficient (Wildman–Crippen LogP) is 0.283. The predicted molar refractivity (Wildman–Crippen MR) is 42.0 cm³/mol. The highest BCUT2D eigenvalue weighted by atomic mass is 16.3. The second-order valence-corrected chi connectivity index (χ2v) is 3.21. The lowest BCUT2D eigenvalue weighted by Gasteiger charge is -2.31. The molecule has 0 radical (unpaired) electrons. The van der Waals surface area contributed by atoms with Gasteiger partial charge in [0.05, 0.1) is 0 Å². The Labute approximate surface area is 66.8 Å². The monoisotopic (exact) mass is 157 g/mol. The zero-order valence-corrected chi connectivity index (χ0v) is 6.84. The van der Waals surface area contributed by atoms with Gasteiger partial charge in [-0.05, 0) is 25.7 Å². The van der Waals surface area contributed by atoms with Gasteiger partial charge in [0.25, 0.3) is 0 Å². The molecule has 0 aromatic rings. The smallest absolute Gasteiger partial charge is 0.245 e. The number of hydrogen-bond acceptors (Lipinski definition) is 2. The average molecular weight is 157 g/mol. The summed E-state index contributed by atoms with van der Waals surface area (Å²) in [5.41, 5.74) is 0. The zero-order valence-electron chi connectivity index (χ0n) is 6.84. The molecule has 1 aliphatic carbocycles. The van der Waals surface area contributed by atoms with Crippen LogP contribution in [0.3, 0.4) is 0 Å². The van der Waals surface area contributed by atoms with Crippen molar-refractivity contribution in [1.82, 2.24) is 5.32 Å². The Morgan fingerprint density at radius 1 is 1.73 bits per heavy atom. The number of aliphatic hydroxyl groups is 1. The fraction of sp³-hybridized carbons (Fsp3) is 0.875. The van der Waals surface area contributed by atoms with E-state index < -0.39 is 6.61 Å². The van der Waals surface area contributed by atoms with Gasteiger partial charge in [0.2, 0.25) is 5.91 Å². The first kappa shape index (κ1) is 8.53. The lowest BCUT2D eigenvalue weighted by molar-refractivity contribution is -0.125. The SMILES string of the molecule is C[C@@H](NC(=O)CO)C1CCC1. The fourth-order valence-electron chi connectivity index (χ4n) is 1.36. The van der Waals surface area contributed by atoms with E-state index in [4.69, 9.17) is 5.11 Å². The first-order valence-corrected chi connectivity index (χ1v) is 4.14. The van der Waals surface area contributed by atoms with Crippen molar-refractivity contribution in [2.75, 3.05) is 6.61 Å². The van der Waals surface area contributed by atoms with Gasteiger partial charge in [0, 0.05) is 6.04 Å². The second-order valence-electron chi connectivity index (χ2n) is 3.21. The van der Waals surface area contributed by atoms with Crippen LogP contribution < -0.4 is 5.32 Å². The third kappa shape index (κ3) is 2.19. The molecule has 0 aromatic carbocycles. The van der Waals surface area contributed by atoms with Gasteiger partial charge < -0.3 is 10.4 Å². The van der Waals surface area contributed by atoms with Crippen molar-refractivity contribution in [1.29, 1.82) is 0 Å². The normalized spacial score (nSPS) is 20.5. The van der Waals surface area contributed by atoms with Crippen LogP contribution in [-0.4, -0.2) is 23.7 Å². The van der Waals surface area contributed by atoms with Crippen molar-refractivity contribution in [3.05, 3.63) is 0 Å². The minimum atomic E-state index is -0.392. The van der Waals surface area contributed by atoms with Crippen LogP contribution in [0.1, 0.15) is 26.2 Å². The molecule has 3 nitrogen and oxygen atoms in total. The Morgan fingerprint density at radius 3 is 2.73 bits per heavy atom. The van der Waals surface area contributed by atoms with Gasteiger partial charge in [-0.25, -0.2) is 0 Å². The van der Waals surface area contributed by atoms with Gasteiger partial charge >= 0.3 is 0 Å².